The summed E-state index contributed by atoms with van der Waals surface area (Å²) in [6, 6.07) is 12.0. The van der Waals surface area contributed by atoms with Crippen LogP contribution in [0.25, 0.3) is 0 Å². The highest BCUT2D eigenvalue weighted by Crippen LogP contribution is 2.43. The number of halogens is 3. The van der Waals surface area contributed by atoms with E-state index in [9.17, 15) is 24.0 Å². The van der Waals surface area contributed by atoms with Gasteiger partial charge in [-0.15, -0.1) is 0 Å². The zero-order valence-corrected chi connectivity index (χ0v) is 21.9. The molecule has 3 aromatic carbocycles. The Hall–Kier alpha value is -2.19. The number of carbonyl (C=O) groups excluding carboxylic acids is 1. The van der Waals surface area contributed by atoms with Gasteiger partial charge < -0.3 is 24.3 Å². The molecule has 0 radical (unpaired) electrons. The van der Waals surface area contributed by atoms with E-state index in [1.807, 2.05) is 0 Å². The second kappa shape index (κ2) is 10.4. The van der Waals surface area contributed by atoms with Crippen molar-refractivity contribution < 1.29 is 33.4 Å². The van der Waals surface area contributed by atoms with Crippen LogP contribution in [0.3, 0.4) is 0 Å². The summed E-state index contributed by atoms with van der Waals surface area (Å²) in [5.41, 5.74) is 1.32. The molecule has 0 saturated heterocycles. The highest BCUT2D eigenvalue weighted by Gasteiger charge is 2.24. The van der Waals surface area contributed by atoms with Crippen molar-refractivity contribution in [3.8, 4) is 17.2 Å². The number of rotatable bonds is 7. The van der Waals surface area contributed by atoms with Crippen molar-refractivity contribution in [3.63, 3.8) is 0 Å². The van der Waals surface area contributed by atoms with E-state index < -0.39 is 25.6 Å². The highest BCUT2D eigenvalue weighted by atomic mass is 79.9. The van der Waals surface area contributed by atoms with E-state index in [0.29, 0.717) is 37.1 Å². The smallest absolute Gasteiger partial charge is 0.340 e. The number of benzene rings is 3. The Kier molecular flexibility index (Phi) is 8.00. The lowest BCUT2D eigenvalue weighted by atomic mass is 10.0. The summed E-state index contributed by atoms with van der Waals surface area (Å²) in [5.74, 6) is -0.652. The molecule has 6 nitrogen and oxygen atoms in total. The van der Waals surface area contributed by atoms with Gasteiger partial charge in [0, 0.05) is 12.0 Å². The zero-order chi connectivity index (χ0) is 24.3. The first-order valence-corrected chi connectivity index (χ1v) is 12.2. The van der Waals surface area contributed by atoms with Crippen LogP contribution in [0.15, 0.2) is 57.5 Å². The van der Waals surface area contributed by atoms with E-state index in [2.05, 4.69) is 36.6 Å². The third-order valence-corrected chi connectivity index (χ3v) is 6.89. The molecule has 0 aliphatic heterocycles. The number of methoxy groups -OCH3 is 1. The Morgan fingerprint density at radius 2 is 1.79 bits per heavy atom. The summed E-state index contributed by atoms with van der Waals surface area (Å²) < 4.78 is 37.2. The third-order valence-electron chi connectivity index (χ3n) is 4.92. The summed E-state index contributed by atoms with van der Waals surface area (Å²) in [5, 5.41) is 19.1. The first kappa shape index (κ1) is 25.4. The minimum absolute atomic E-state index is 0.00255. The SMILES string of the molecule is COC(=O)c1ccc(Cc2cc(Oc3c(Br)cc(C(C)(O)[PH2]=O)cc3Br)ccc2O)cc1F. The predicted octanol–water partition coefficient (Wildman–Crippen LogP) is 6.15. The van der Waals surface area contributed by atoms with Gasteiger partial charge in [0.2, 0.25) is 0 Å². The van der Waals surface area contributed by atoms with Gasteiger partial charge >= 0.3 is 5.97 Å². The van der Waals surface area contributed by atoms with Crippen LogP contribution >= 0.6 is 40.3 Å². The maximum Gasteiger partial charge on any atom is 0.340 e. The van der Waals surface area contributed by atoms with E-state index in [1.165, 1.54) is 32.2 Å². The first-order chi connectivity index (χ1) is 15.6. The number of ether oxygens (including phenoxy) is 2. The molecule has 3 aromatic rings. The number of phenols is 1. The molecule has 2 N–H and O–H groups in total. The van der Waals surface area contributed by atoms with Crippen LogP contribution in [-0.2, 0) is 21.1 Å². The van der Waals surface area contributed by atoms with Crippen LogP contribution in [0.2, 0.25) is 0 Å². The largest absolute Gasteiger partial charge is 0.508 e. The normalized spacial score (nSPS) is 13.2. The van der Waals surface area contributed by atoms with Gasteiger partial charge in [0.05, 0.1) is 30.1 Å². The minimum Gasteiger partial charge on any atom is -0.508 e. The molecule has 0 aliphatic carbocycles. The number of aromatic hydroxyl groups is 1. The average molecular weight is 602 g/mol. The Morgan fingerprint density at radius 1 is 1.12 bits per heavy atom. The minimum atomic E-state index is -1.46. The van der Waals surface area contributed by atoms with Crippen molar-refractivity contribution in [2.24, 2.45) is 0 Å². The molecular formula is C23H20Br2FO6P. The number of carbonyl (C=O) groups is 1. The lowest BCUT2D eigenvalue weighted by Gasteiger charge is -2.19. The van der Waals surface area contributed by atoms with E-state index in [1.54, 1.807) is 30.3 Å². The molecular weight excluding hydrogens is 582 g/mol. The Labute approximate surface area is 207 Å². The molecule has 0 heterocycles. The molecule has 2 unspecified atom stereocenters. The Morgan fingerprint density at radius 3 is 2.36 bits per heavy atom. The summed E-state index contributed by atoms with van der Waals surface area (Å²) in [6.07, 6.45) is 0.192. The fraction of sp³-hybridized carbons (Fsp3) is 0.174. The van der Waals surface area contributed by atoms with Gasteiger partial charge in [0.25, 0.3) is 0 Å². The van der Waals surface area contributed by atoms with E-state index >= 15 is 0 Å². The van der Waals surface area contributed by atoms with Crippen molar-refractivity contribution in [2.45, 2.75) is 18.7 Å². The average Bonchev–Trinajstić information content (AvgIpc) is 2.77. The molecule has 10 heteroatoms. The number of hydrogen-bond donors (Lipinski definition) is 2. The molecule has 0 fully saturated rings. The molecule has 2 atom stereocenters. The van der Waals surface area contributed by atoms with Gasteiger partial charge in [0.15, 0.2) is 5.75 Å². The summed E-state index contributed by atoms with van der Waals surface area (Å²) >= 11 is 6.82. The van der Waals surface area contributed by atoms with Crippen LogP contribution in [0.5, 0.6) is 17.2 Å². The summed E-state index contributed by atoms with van der Waals surface area (Å²) in [7, 11) is -0.282. The molecule has 33 heavy (non-hydrogen) atoms. The molecule has 0 amide bonds. The van der Waals surface area contributed by atoms with Crippen molar-refractivity contribution in [2.75, 3.05) is 7.11 Å². The maximum absolute atomic E-state index is 14.3. The summed E-state index contributed by atoms with van der Waals surface area (Å²) in [6.45, 7) is 1.47. The van der Waals surface area contributed by atoms with Gasteiger partial charge in [-0.1, -0.05) is 6.07 Å². The molecule has 0 spiro atoms. The topological polar surface area (TPSA) is 93.1 Å². The lowest BCUT2D eigenvalue weighted by molar-refractivity contribution is 0.0595. The highest BCUT2D eigenvalue weighted by molar-refractivity contribution is 9.11. The van der Waals surface area contributed by atoms with E-state index in [4.69, 9.17) is 4.74 Å². The third kappa shape index (κ3) is 5.84. The van der Waals surface area contributed by atoms with Crippen molar-refractivity contribution in [1.82, 2.24) is 0 Å². The second-order valence-corrected chi connectivity index (χ2v) is 10.5. The molecule has 174 valence electrons. The van der Waals surface area contributed by atoms with Crippen molar-refractivity contribution in [3.05, 3.63) is 85.5 Å². The molecule has 0 bridgehead atoms. The number of esters is 1. The number of phenolic OH excluding ortho intramolecular Hbond substituents is 1. The number of aliphatic hydroxyl groups is 1. The molecule has 0 saturated carbocycles. The number of hydrogen-bond acceptors (Lipinski definition) is 6. The van der Waals surface area contributed by atoms with Crippen molar-refractivity contribution in [1.29, 1.82) is 0 Å². The van der Waals surface area contributed by atoms with Crippen LogP contribution in [0.1, 0.15) is 34.0 Å². The standard InChI is InChI=1S/C23H20Br2FO6P/c1-23(29,33-30)14-10-17(24)21(18(25)11-14)32-15-4-6-20(27)13(9-15)7-12-3-5-16(19(26)8-12)22(28)31-2/h3-6,8-11,27,29H,7,33H2,1-2H3. The van der Waals surface area contributed by atoms with Gasteiger partial charge in [-0.2, -0.15) is 0 Å². The van der Waals surface area contributed by atoms with Gasteiger partial charge in [-0.3, -0.25) is 0 Å². The van der Waals surface area contributed by atoms with Crippen LogP contribution in [0, 0.1) is 5.82 Å². The summed E-state index contributed by atoms with van der Waals surface area (Å²) in [4.78, 5) is 11.6. The molecule has 0 aliphatic rings. The zero-order valence-electron chi connectivity index (χ0n) is 17.6. The van der Waals surface area contributed by atoms with Gasteiger partial charge in [-0.25, -0.2) is 9.18 Å². The predicted molar refractivity (Wildman–Crippen MR) is 131 cm³/mol. The van der Waals surface area contributed by atoms with Crippen LogP contribution < -0.4 is 4.74 Å². The maximum atomic E-state index is 14.3. The van der Waals surface area contributed by atoms with Gasteiger partial charge in [-0.05, 0) is 92.4 Å². The van der Waals surface area contributed by atoms with E-state index in [-0.39, 0.29) is 17.7 Å². The fourth-order valence-electron chi connectivity index (χ4n) is 3.07. The Balaban J connectivity index is 1.88. The molecule has 0 aromatic heterocycles. The van der Waals surface area contributed by atoms with Crippen LogP contribution in [0.4, 0.5) is 4.39 Å². The van der Waals surface area contributed by atoms with Gasteiger partial charge in [0.1, 0.15) is 22.7 Å². The van der Waals surface area contributed by atoms with Crippen LogP contribution in [-0.4, -0.2) is 23.3 Å². The quantitative estimate of drug-likeness (QED) is 0.249. The molecule has 3 rings (SSSR count). The lowest BCUT2D eigenvalue weighted by Crippen LogP contribution is -2.12. The second-order valence-electron chi connectivity index (χ2n) is 7.41. The first-order valence-electron chi connectivity index (χ1n) is 9.60. The Bertz CT molecular complexity index is 1210. The fourth-order valence-corrected chi connectivity index (χ4v) is 4.72. The van der Waals surface area contributed by atoms with E-state index in [0.717, 1.165) is 0 Å². The van der Waals surface area contributed by atoms with Crippen molar-refractivity contribution >= 4 is 46.3 Å². The monoisotopic (exact) mass is 600 g/mol.